The number of aliphatic hydroxyl groups is 1. The van der Waals surface area contributed by atoms with Crippen molar-refractivity contribution in [1.29, 1.82) is 0 Å². The molecule has 0 spiro atoms. The molecule has 0 saturated heterocycles. The first-order valence-corrected chi connectivity index (χ1v) is 2.16. The molecule has 5 nitrogen and oxygen atoms in total. The second-order valence-electron chi connectivity index (χ2n) is 1.45. The van der Waals surface area contributed by atoms with Crippen LogP contribution in [0.4, 0.5) is 0 Å². The van der Waals surface area contributed by atoms with Crippen LogP contribution in [0.2, 0.25) is 0 Å². The monoisotopic (exact) mass is 221 g/mol. The predicted octanol–water partition coefficient (Wildman–Crippen LogP) is -1.74. The van der Waals surface area contributed by atoms with E-state index in [1.807, 2.05) is 0 Å². The third-order valence-corrected chi connectivity index (χ3v) is 0.653. The summed E-state index contributed by atoms with van der Waals surface area (Å²) in [5, 5.41) is 24.1. The van der Waals surface area contributed by atoms with Gasteiger partial charge in [0.15, 0.2) is 6.10 Å². The van der Waals surface area contributed by atoms with Crippen LogP contribution in [-0.2, 0) is 26.7 Å². The van der Waals surface area contributed by atoms with Crippen LogP contribution in [0.1, 0.15) is 6.42 Å². The van der Waals surface area contributed by atoms with E-state index in [1.54, 1.807) is 0 Å². The van der Waals surface area contributed by atoms with Crippen molar-refractivity contribution in [2.75, 3.05) is 0 Å². The minimum atomic E-state index is -1.79. The van der Waals surface area contributed by atoms with Crippen molar-refractivity contribution in [3.63, 3.8) is 0 Å². The van der Waals surface area contributed by atoms with Gasteiger partial charge in [-0.15, -0.1) is 0 Å². The van der Waals surface area contributed by atoms with E-state index in [2.05, 4.69) is 0 Å². The molecule has 0 aliphatic heterocycles. The summed E-state index contributed by atoms with van der Waals surface area (Å²) in [5.41, 5.74) is 0. The number of aliphatic carboxylic acids is 2. The topological polar surface area (TPSA) is 94.8 Å². The third-order valence-electron chi connectivity index (χ3n) is 0.653. The molecule has 11 heavy (non-hydrogen) atoms. The molecule has 0 saturated carbocycles. The number of hydrogen-bond acceptors (Lipinski definition) is 3. The Hall–Kier alpha value is 0.419. The van der Waals surface area contributed by atoms with Crippen molar-refractivity contribution in [1.82, 2.24) is 0 Å². The molecule has 0 bridgehead atoms. The first kappa shape index (κ1) is 17.5. The Bertz CT molecular complexity index is 138. The second kappa shape index (κ2) is 8.52. The summed E-state index contributed by atoms with van der Waals surface area (Å²) in [6, 6.07) is 0. The normalized spacial score (nSPS) is 10.3. The maximum absolute atomic E-state index is 9.72. The number of carboxylic acids is 2. The molecule has 0 aliphatic rings. The average molecular weight is 222 g/mol. The Labute approximate surface area is 95.5 Å². The molecular weight excluding hydrogens is 215 g/mol. The Balaban J connectivity index is -0.000000320. The van der Waals surface area contributed by atoms with Gasteiger partial charge in [-0.2, -0.15) is 0 Å². The van der Waals surface area contributed by atoms with Gasteiger partial charge < -0.3 is 15.3 Å². The molecule has 1 atom stereocenters. The SMILES string of the molecule is O=C(O)CC(O)C(=O)O.[Cu].[NaH]. The van der Waals surface area contributed by atoms with Gasteiger partial charge in [0.05, 0.1) is 6.42 Å². The molecule has 0 fully saturated rings. The maximum atomic E-state index is 9.72. The van der Waals surface area contributed by atoms with Crippen molar-refractivity contribution >= 4 is 41.5 Å². The van der Waals surface area contributed by atoms with E-state index >= 15 is 0 Å². The molecule has 7 heteroatoms. The van der Waals surface area contributed by atoms with Gasteiger partial charge in [-0.25, -0.2) is 4.79 Å². The summed E-state index contributed by atoms with van der Waals surface area (Å²) in [4.78, 5) is 19.4. The van der Waals surface area contributed by atoms with Crippen LogP contribution in [0, 0.1) is 0 Å². The van der Waals surface area contributed by atoms with Crippen LogP contribution in [0.5, 0.6) is 0 Å². The Kier molecular flexibility index (Phi) is 13.5. The fourth-order valence-corrected chi connectivity index (χ4v) is 0.253. The van der Waals surface area contributed by atoms with Crippen molar-refractivity contribution < 1.29 is 42.0 Å². The fraction of sp³-hybridized carbons (Fsp3) is 0.500. The van der Waals surface area contributed by atoms with E-state index in [1.165, 1.54) is 0 Å². The van der Waals surface area contributed by atoms with Gasteiger partial charge in [-0.3, -0.25) is 4.79 Å². The quantitative estimate of drug-likeness (QED) is 0.492. The first-order chi connectivity index (χ1) is 4.04. The van der Waals surface area contributed by atoms with Crippen LogP contribution in [0.25, 0.3) is 0 Å². The van der Waals surface area contributed by atoms with Gasteiger partial charge in [0.25, 0.3) is 0 Å². The van der Waals surface area contributed by atoms with E-state index < -0.39 is 24.5 Å². The molecule has 0 rings (SSSR count). The van der Waals surface area contributed by atoms with Crippen molar-refractivity contribution in [3.05, 3.63) is 0 Å². The number of carbonyl (C=O) groups is 2. The first-order valence-electron chi connectivity index (χ1n) is 2.16. The number of aliphatic hydroxyl groups excluding tert-OH is 1. The zero-order valence-electron chi connectivity index (χ0n) is 4.74. The average Bonchev–Trinajstić information content (AvgIpc) is 1.63. The molecule has 1 unspecified atom stereocenters. The molecule has 1 radical (unpaired) electrons. The van der Waals surface area contributed by atoms with Gasteiger partial charge >= 0.3 is 41.5 Å². The Morgan fingerprint density at radius 3 is 1.73 bits per heavy atom. The van der Waals surface area contributed by atoms with E-state index in [-0.39, 0.29) is 46.6 Å². The van der Waals surface area contributed by atoms with Crippen molar-refractivity contribution in [2.45, 2.75) is 12.5 Å². The standard InChI is InChI=1S/C4H6O5.Cu.Na.H/c5-2(4(8)9)1-3(6)7;;;/h2,5H,1H2,(H,6,7)(H,8,9);;;. The molecule has 3 N–H and O–H groups in total. The zero-order valence-corrected chi connectivity index (χ0v) is 5.69. The van der Waals surface area contributed by atoms with Crippen LogP contribution in [-0.4, -0.2) is 62.9 Å². The molecule has 0 aliphatic carbocycles. The number of carboxylic acid groups (broad SMARTS) is 2. The van der Waals surface area contributed by atoms with Crippen LogP contribution >= 0.6 is 0 Å². The van der Waals surface area contributed by atoms with Gasteiger partial charge in [0.2, 0.25) is 0 Å². The summed E-state index contributed by atoms with van der Waals surface area (Å²) < 4.78 is 0. The van der Waals surface area contributed by atoms with Crippen LogP contribution in [0.15, 0.2) is 0 Å². The summed E-state index contributed by atoms with van der Waals surface area (Å²) in [5.74, 6) is -2.85. The van der Waals surface area contributed by atoms with Crippen LogP contribution in [0.3, 0.4) is 0 Å². The molecule has 65 valence electrons. The van der Waals surface area contributed by atoms with Crippen molar-refractivity contribution in [2.24, 2.45) is 0 Å². The van der Waals surface area contributed by atoms with E-state index in [9.17, 15) is 9.59 Å². The molecule has 0 amide bonds. The molecular formula is C4H7CuNaO5. The zero-order chi connectivity index (χ0) is 7.44. The molecule has 0 heterocycles. The Morgan fingerprint density at radius 1 is 1.27 bits per heavy atom. The summed E-state index contributed by atoms with van der Waals surface area (Å²) in [6.07, 6.45) is -2.54. The van der Waals surface area contributed by atoms with Crippen LogP contribution < -0.4 is 0 Å². The molecule has 0 aromatic carbocycles. The number of hydrogen-bond donors (Lipinski definition) is 3. The minimum absolute atomic E-state index is 0. The van der Waals surface area contributed by atoms with Gasteiger partial charge in [0.1, 0.15) is 0 Å². The van der Waals surface area contributed by atoms with E-state index in [4.69, 9.17) is 15.3 Å². The number of rotatable bonds is 3. The summed E-state index contributed by atoms with van der Waals surface area (Å²) in [6.45, 7) is 0. The van der Waals surface area contributed by atoms with Crippen molar-refractivity contribution in [3.8, 4) is 0 Å². The van der Waals surface area contributed by atoms with Gasteiger partial charge in [-0.1, -0.05) is 0 Å². The molecule has 0 aromatic rings. The van der Waals surface area contributed by atoms with Gasteiger partial charge in [-0.05, 0) is 0 Å². The van der Waals surface area contributed by atoms with E-state index in [0.29, 0.717) is 0 Å². The second-order valence-corrected chi connectivity index (χ2v) is 1.45. The third kappa shape index (κ3) is 10.4. The van der Waals surface area contributed by atoms with E-state index in [0.717, 1.165) is 0 Å². The molecule has 0 aromatic heterocycles. The summed E-state index contributed by atoms with van der Waals surface area (Å²) in [7, 11) is 0. The fourth-order valence-electron chi connectivity index (χ4n) is 0.253. The van der Waals surface area contributed by atoms with Gasteiger partial charge in [0, 0.05) is 17.1 Å². The predicted molar refractivity (Wildman–Crippen MR) is 33.0 cm³/mol. The Morgan fingerprint density at radius 2 is 1.64 bits per heavy atom. The summed E-state index contributed by atoms with van der Waals surface area (Å²) >= 11 is 0.